The molecule has 2 nitrogen and oxygen atoms in total. The number of hydrogen-bond acceptors (Lipinski definition) is 3. The largest absolute Gasteiger partial charge is 0.366 e. The molecule has 0 aliphatic rings. The Hall–Kier alpha value is -1.55. The number of carbonyl (C=O) groups is 1. The number of amides is 1. The second-order valence-electron chi connectivity index (χ2n) is 4.52. The minimum Gasteiger partial charge on any atom is -0.366 e. The Bertz CT molecular complexity index is 670. The molecule has 2 N–H and O–H groups in total. The summed E-state index contributed by atoms with van der Waals surface area (Å²) in [6.45, 7) is 0. The third kappa shape index (κ3) is 7.82. The fraction of sp³-hybridized carbons (Fsp3) is 0. The van der Waals surface area contributed by atoms with E-state index in [1.165, 1.54) is 9.79 Å². The molecule has 0 heterocycles. The van der Waals surface area contributed by atoms with Crippen molar-refractivity contribution in [2.24, 2.45) is 5.73 Å². The third-order valence-corrected chi connectivity index (χ3v) is 5.20. The van der Waals surface area contributed by atoms with Crippen molar-refractivity contribution in [3.05, 3.63) is 96.6 Å². The summed E-state index contributed by atoms with van der Waals surface area (Å²) in [7, 11) is 3.58. The average Bonchev–Trinajstić information content (AvgIpc) is 2.63. The standard InChI is InChI=1S/C12H10S2.C7H7NO.Zn/c1-3-7-11(8-4-1)13-14-12-9-5-2-6-10-12;8-7(9)6-4-2-1-3-5-6;/h1-10H;1-5H,(H2,8,9);. The molecule has 3 aromatic rings. The van der Waals surface area contributed by atoms with Gasteiger partial charge in [-0.15, -0.1) is 0 Å². The molecule has 1 amide bonds. The number of rotatable bonds is 4. The van der Waals surface area contributed by atoms with E-state index in [0.29, 0.717) is 5.56 Å². The molecule has 0 saturated carbocycles. The molecule has 24 heavy (non-hydrogen) atoms. The fourth-order valence-corrected chi connectivity index (χ4v) is 3.62. The van der Waals surface area contributed by atoms with E-state index in [1.807, 2.05) is 18.2 Å². The van der Waals surface area contributed by atoms with Gasteiger partial charge in [-0.25, -0.2) is 0 Å². The van der Waals surface area contributed by atoms with Gasteiger partial charge in [-0.2, -0.15) is 0 Å². The summed E-state index contributed by atoms with van der Waals surface area (Å²) >= 11 is 0. The van der Waals surface area contributed by atoms with Crippen molar-refractivity contribution in [3.63, 3.8) is 0 Å². The number of nitrogens with two attached hydrogens (primary N) is 1. The summed E-state index contributed by atoms with van der Waals surface area (Å²) in [6.07, 6.45) is 0. The summed E-state index contributed by atoms with van der Waals surface area (Å²) in [5.41, 5.74) is 5.53. The molecule has 3 aromatic carbocycles. The van der Waals surface area contributed by atoms with E-state index in [-0.39, 0.29) is 25.4 Å². The van der Waals surface area contributed by atoms with Gasteiger partial charge in [-0.3, -0.25) is 4.79 Å². The maximum atomic E-state index is 10.4. The molecule has 0 aliphatic heterocycles. The van der Waals surface area contributed by atoms with Crippen LogP contribution in [0.3, 0.4) is 0 Å². The Balaban J connectivity index is 0.000000252. The van der Waals surface area contributed by atoms with E-state index in [2.05, 4.69) is 48.5 Å². The van der Waals surface area contributed by atoms with Gasteiger partial charge in [-0.05, 0) is 36.4 Å². The fourth-order valence-electron chi connectivity index (χ4n) is 1.65. The zero-order valence-corrected chi connectivity index (χ0v) is 17.8. The summed E-state index contributed by atoms with van der Waals surface area (Å²) in [4.78, 5) is 13.0. The van der Waals surface area contributed by atoms with Gasteiger partial charge in [0.1, 0.15) is 0 Å². The number of benzene rings is 3. The Morgan fingerprint density at radius 1 is 0.625 bits per heavy atom. The molecule has 0 atom stereocenters. The van der Waals surface area contributed by atoms with Crippen molar-refractivity contribution in [1.82, 2.24) is 0 Å². The second kappa shape index (κ2) is 11.9. The van der Waals surface area contributed by atoms with Crippen LogP contribution in [0.2, 0.25) is 0 Å². The van der Waals surface area contributed by atoms with Gasteiger partial charge in [0.05, 0.1) is 0 Å². The summed E-state index contributed by atoms with van der Waals surface area (Å²) in [5, 5.41) is 0. The Morgan fingerprint density at radius 2 is 0.958 bits per heavy atom. The van der Waals surface area contributed by atoms with Crippen LogP contribution in [0.5, 0.6) is 0 Å². The molecule has 0 bridgehead atoms. The van der Waals surface area contributed by atoms with E-state index < -0.39 is 0 Å². The summed E-state index contributed by atoms with van der Waals surface area (Å²) in [6, 6.07) is 29.6. The first kappa shape index (κ1) is 20.5. The van der Waals surface area contributed by atoms with Crippen LogP contribution in [0.15, 0.2) is 101 Å². The number of carbonyl (C=O) groups excluding carboxylic acids is 1. The van der Waals surface area contributed by atoms with E-state index in [9.17, 15) is 4.79 Å². The van der Waals surface area contributed by atoms with E-state index in [0.717, 1.165) is 0 Å². The molecule has 3 rings (SSSR count). The van der Waals surface area contributed by atoms with Crippen LogP contribution in [0.1, 0.15) is 10.4 Å². The molecule has 0 radical (unpaired) electrons. The van der Waals surface area contributed by atoms with Crippen molar-refractivity contribution in [2.45, 2.75) is 9.79 Å². The van der Waals surface area contributed by atoms with Crippen LogP contribution in [0, 0.1) is 0 Å². The quantitative estimate of drug-likeness (QED) is 0.476. The van der Waals surface area contributed by atoms with Crippen LogP contribution < -0.4 is 5.73 Å². The summed E-state index contributed by atoms with van der Waals surface area (Å²) in [5.74, 6) is -0.379. The molecular formula is C19H17NOS2Zn. The normalized spacial score (nSPS) is 9.17. The van der Waals surface area contributed by atoms with Crippen LogP contribution in [0.4, 0.5) is 0 Å². The average molecular weight is 405 g/mol. The van der Waals surface area contributed by atoms with Crippen molar-refractivity contribution >= 4 is 27.5 Å². The topological polar surface area (TPSA) is 43.1 Å². The first-order chi connectivity index (χ1) is 11.3. The zero-order valence-electron chi connectivity index (χ0n) is 13.2. The predicted molar refractivity (Wildman–Crippen MR) is 99.6 cm³/mol. The minimum atomic E-state index is -0.379. The first-order valence-electron chi connectivity index (χ1n) is 7.05. The maximum absolute atomic E-state index is 10.4. The van der Waals surface area contributed by atoms with Gasteiger partial charge in [0.2, 0.25) is 5.91 Å². The first-order valence-corrected chi connectivity index (χ1v) is 9.20. The third-order valence-electron chi connectivity index (χ3n) is 2.78. The van der Waals surface area contributed by atoms with E-state index >= 15 is 0 Å². The van der Waals surface area contributed by atoms with Crippen LogP contribution in [0.25, 0.3) is 0 Å². The van der Waals surface area contributed by atoms with Gasteiger partial charge in [-0.1, -0.05) is 76.2 Å². The molecule has 0 unspecified atom stereocenters. The van der Waals surface area contributed by atoms with E-state index in [1.54, 1.807) is 45.9 Å². The monoisotopic (exact) mass is 403 g/mol. The molecule has 0 saturated heterocycles. The predicted octanol–water partition coefficient (Wildman–Crippen LogP) is 5.27. The van der Waals surface area contributed by atoms with Crippen molar-refractivity contribution < 1.29 is 24.3 Å². The molecule has 0 fully saturated rings. The van der Waals surface area contributed by atoms with Crippen LogP contribution >= 0.6 is 21.6 Å². The summed E-state index contributed by atoms with van der Waals surface area (Å²) < 4.78 is 0. The van der Waals surface area contributed by atoms with Gasteiger partial charge < -0.3 is 5.73 Å². The van der Waals surface area contributed by atoms with Crippen LogP contribution in [-0.2, 0) is 19.5 Å². The minimum absolute atomic E-state index is 0. The Morgan fingerprint density at radius 3 is 1.25 bits per heavy atom. The molecule has 118 valence electrons. The van der Waals surface area contributed by atoms with Gasteiger partial charge in [0.25, 0.3) is 0 Å². The van der Waals surface area contributed by atoms with Gasteiger partial charge >= 0.3 is 0 Å². The zero-order chi connectivity index (χ0) is 16.3. The molecular weight excluding hydrogens is 388 g/mol. The number of hydrogen-bond donors (Lipinski definition) is 1. The van der Waals surface area contributed by atoms with Gasteiger partial charge in [0, 0.05) is 34.8 Å². The Labute approximate surface area is 163 Å². The molecule has 0 aliphatic carbocycles. The van der Waals surface area contributed by atoms with E-state index in [4.69, 9.17) is 5.73 Å². The molecule has 0 aromatic heterocycles. The van der Waals surface area contributed by atoms with Crippen molar-refractivity contribution in [2.75, 3.05) is 0 Å². The number of primary amides is 1. The molecule has 0 spiro atoms. The Kier molecular flexibility index (Phi) is 10.2. The van der Waals surface area contributed by atoms with Crippen molar-refractivity contribution in [3.8, 4) is 0 Å². The van der Waals surface area contributed by atoms with Crippen LogP contribution in [-0.4, -0.2) is 5.91 Å². The smallest absolute Gasteiger partial charge is 0.248 e. The van der Waals surface area contributed by atoms with Crippen molar-refractivity contribution in [1.29, 1.82) is 0 Å². The van der Waals surface area contributed by atoms with Gasteiger partial charge in [0.15, 0.2) is 0 Å². The molecule has 5 heteroatoms. The second-order valence-corrected chi connectivity index (χ2v) is 6.80. The SMILES string of the molecule is NC(=O)c1ccccc1.[Zn].c1ccc(SSc2ccccc2)cc1. The maximum Gasteiger partial charge on any atom is 0.248 e.